The number of nitrogens with one attached hydrogen (secondary N) is 2. The minimum absolute atomic E-state index is 0.143. The zero-order valence-electron chi connectivity index (χ0n) is 13.2. The van der Waals surface area contributed by atoms with Crippen LogP contribution in [0.3, 0.4) is 0 Å². The van der Waals surface area contributed by atoms with Gasteiger partial charge in [0.05, 0.1) is 24.4 Å². The third-order valence-corrected chi connectivity index (χ3v) is 5.25. The molecule has 1 aliphatic carbocycles. The van der Waals surface area contributed by atoms with E-state index in [0.717, 1.165) is 36.9 Å². The second-order valence-electron chi connectivity index (χ2n) is 6.73. The van der Waals surface area contributed by atoms with Gasteiger partial charge in [-0.25, -0.2) is 9.18 Å². The van der Waals surface area contributed by atoms with Gasteiger partial charge < -0.3 is 20.3 Å². The molecule has 4 rings (SSSR count). The number of carbonyl (C=O) groups excluding carboxylic acids is 1. The van der Waals surface area contributed by atoms with Crippen molar-refractivity contribution in [2.75, 3.05) is 31.6 Å². The minimum atomic E-state index is -0.288. The predicted octanol–water partition coefficient (Wildman–Crippen LogP) is 2.26. The van der Waals surface area contributed by atoms with Crippen LogP contribution in [0.4, 0.5) is 14.9 Å². The molecule has 2 aliphatic heterocycles. The van der Waals surface area contributed by atoms with Crippen LogP contribution in [-0.2, 0) is 17.7 Å². The number of hydrogen-bond donors (Lipinski definition) is 2. The summed E-state index contributed by atoms with van der Waals surface area (Å²) in [6.07, 6.45) is 3.84. The normalized spacial score (nSPS) is 22.4. The third kappa shape index (κ3) is 2.70. The van der Waals surface area contributed by atoms with Gasteiger partial charge in [-0.3, -0.25) is 0 Å². The molecule has 0 radical (unpaired) electrons. The van der Waals surface area contributed by atoms with Crippen molar-refractivity contribution < 1.29 is 13.9 Å². The number of nitrogens with zero attached hydrogens (tertiary/aromatic N) is 1. The van der Waals surface area contributed by atoms with Crippen molar-refractivity contribution in [2.45, 2.75) is 37.8 Å². The summed E-state index contributed by atoms with van der Waals surface area (Å²) in [6, 6.07) is 3.33. The van der Waals surface area contributed by atoms with Crippen LogP contribution in [0.25, 0.3) is 0 Å². The van der Waals surface area contributed by atoms with Gasteiger partial charge in [0.15, 0.2) is 0 Å². The third-order valence-electron chi connectivity index (χ3n) is 5.25. The number of anilines is 1. The lowest BCUT2D eigenvalue weighted by molar-refractivity contribution is -0.140. The second-order valence-corrected chi connectivity index (χ2v) is 6.73. The van der Waals surface area contributed by atoms with Crippen LogP contribution in [0.2, 0.25) is 0 Å². The number of rotatable bonds is 1. The average Bonchev–Trinajstić information content (AvgIpc) is 2.56. The van der Waals surface area contributed by atoms with E-state index in [2.05, 4.69) is 10.6 Å². The Labute approximate surface area is 135 Å². The quantitative estimate of drug-likeness (QED) is 0.835. The maximum atomic E-state index is 14.6. The predicted molar refractivity (Wildman–Crippen MR) is 84.9 cm³/mol. The zero-order chi connectivity index (χ0) is 15.9. The Bertz CT molecular complexity index is 631. The molecule has 124 valence electrons. The van der Waals surface area contributed by atoms with Crippen LogP contribution >= 0.6 is 0 Å². The molecule has 1 aromatic rings. The molecule has 2 heterocycles. The molecule has 1 aromatic carbocycles. The fraction of sp³-hybridized carbons (Fsp3) is 0.588. The summed E-state index contributed by atoms with van der Waals surface area (Å²) in [5, 5.41) is 5.98. The van der Waals surface area contributed by atoms with E-state index >= 15 is 0 Å². The van der Waals surface area contributed by atoms with Crippen molar-refractivity contribution in [1.82, 2.24) is 10.2 Å². The highest BCUT2D eigenvalue weighted by Gasteiger charge is 2.43. The first-order chi connectivity index (χ1) is 11.2. The van der Waals surface area contributed by atoms with Gasteiger partial charge in [0.1, 0.15) is 5.82 Å². The van der Waals surface area contributed by atoms with Gasteiger partial charge in [0.2, 0.25) is 0 Å². The number of fused-ring (bicyclic) bond motifs is 1. The van der Waals surface area contributed by atoms with Crippen LogP contribution in [0.15, 0.2) is 12.1 Å². The molecule has 2 fully saturated rings. The summed E-state index contributed by atoms with van der Waals surface area (Å²) in [4.78, 5) is 14.2. The molecule has 3 aliphatic rings. The molecule has 0 aromatic heterocycles. The molecule has 1 saturated carbocycles. The fourth-order valence-electron chi connectivity index (χ4n) is 3.72. The Morgan fingerprint density at radius 1 is 1.39 bits per heavy atom. The number of benzene rings is 1. The highest BCUT2D eigenvalue weighted by molar-refractivity contribution is 5.89. The fourth-order valence-corrected chi connectivity index (χ4v) is 3.72. The molecule has 5 nitrogen and oxygen atoms in total. The molecule has 2 N–H and O–H groups in total. The van der Waals surface area contributed by atoms with E-state index in [1.54, 1.807) is 11.0 Å². The van der Waals surface area contributed by atoms with E-state index in [4.69, 9.17) is 4.74 Å². The number of hydrogen-bond acceptors (Lipinski definition) is 3. The van der Waals surface area contributed by atoms with Crippen LogP contribution in [0, 0.1) is 5.82 Å². The van der Waals surface area contributed by atoms with Crippen molar-refractivity contribution in [2.24, 2.45) is 0 Å². The molecule has 23 heavy (non-hydrogen) atoms. The van der Waals surface area contributed by atoms with Gasteiger partial charge in [-0.05, 0) is 49.4 Å². The first kappa shape index (κ1) is 14.9. The van der Waals surface area contributed by atoms with Gasteiger partial charge in [-0.15, -0.1) is 0 Å². The number of amides is 2. The maximum absolute atomic E-state index is 14.6. The lowest BCUT2D eigenvalue weighted by atomic mass is 9.79. The number of halogens is 1. The van der Waals surface area contributed by atoms with Crippen LogP contribution < -0.4 is 10.6 Å². The molecule has 1 spiro atoms. The van der Waals surface area contributed by atoms with Crippen LogP contribution in [0.5, 0.6) is 0 Å². The summed E-state index contributed by atoms with van der Waals surface area (Å²) in [5.74, 6) is -0.288. The van der Waals surface area contributed by atoms with E-state index in [0.29, 0.717) is 32.7 Å². The van der Waals surface area contributed by atoms with Gasteiger partial charge in [0.25, 0.3) is 0 Å². The highest BCUT2D eigenvalue weighted by atomic mass is 19.1. The topological polar surface area (TPSA) is 53.6 Å². The maximum Gasteiger partial charge on any atom is 0.322 e. The van der Waals surface area contributed by atoms with Crippen molar-refractivity contribution in [3.63, 3.8) is 0 Å². The van der Waals surface area contributed by atoms with E-state index in [9.17, 15) is 9.18 Å². The molecule has 6 heteroatoms. The van der Waals surface area contributed by atoms with Gasteiger partial charge >= 0.3 is 6.03 Å². The number of urea groups is 1. The Morgan fingerprint density at radius 3 is 3.04 bits per heavy atom. The van der Waals surface area contributed by atoms with Crippen LogP contribution in [-0.4, -0.2) is 42.8 Å². The highest BCUT2D eigenvalue weighted by Crippen LogP contribution is 2.38. The van der Waals surface area contributed by atoms with Gasteiger partial charge in [-0.1, -0.05) is 6.07 Å². The summed E-state index contributed by atoms with van der Waals surface area (Å²) in [7, 11) is 0. The van der Waals surface area contributed by atoms with E-state index < -0.39 is 0 Å². The Balaban J connectivity index is 1.48. The molecule has 0 unspecified atom stereocenters. The lowest BCUT2D eigenvalue weighted by Gasteiger charge is -2.48. The average molecular weight is 319 g/mol. The molecule has 1 saturated heterocycles. The minimum Gasteiger partial charge on any atom is -0.371 e. The van der Waals surface area contributed by atoms with E-state index in [1.807, 2.05) is 6.07 Å². The zero-order valence-corrected chi connectivity index (χ0v) is 13.2. The van der Waals surface area contributed by atoms with Crippen molar-refractivity contribution in [3.05, 3.63) is 29.1 Å². The van der Waals surface area contributed by atoms with E-state index in [-0.39, 0.29) is 23.1 Å². The molecule has 2 amide bonds. The summed E-state index contributed by atoms with van der Waals surface area (Å²) < 4.78 is 20.5. The molecule has 0 atom stereocenters. The lowest BCUT2D eigenvalue weighted by Crippen LogP contribution is -2.57. The van der Waals surface area contributed by atoms with Gasteiger partial charge in [-0.2, -0.15) is 0 Å². The van der Waals surface area contributed by atoms with Crippen molar-refractivity contribution >= 4 is 11.7 Å². The first-order valence-electron chi connectivity index (χ1n) is 8.38. The van der Waals surface area contributed by atoms with E-state index in [1.165, 1.54) is 0 Å². The Kier molecular flexibility index (Phi) is 3.73. The monoisotopic (exact) mass is 319 g/mol. The van der Waals surface area contributed by atoms with Gasteiger partial charge in [0, 0.05) is 13.1 Å². The number of ether oxygens (including phenoxy) is 1. The van der Waals surface area contributed by atoms with Crippen molar-refractivity contribution in [3.8, 4) is 0 Å². The Morgan fingerprint density at radius 2 is 2.26 bits per heavy atom. The van der Waals surface area contributed by atoms with Crippen molar-refractivity contribution in [1.29, 1.82) is 0 Å². The second kappa shape index (κ2) is 5.76. The van der Waals surface area contributed by atoms with Crippen LogP contribution in [0.1, 0.15) is 30.4 Å². The summed E-state index contributed by atoms with van der Waals surface area (Å²) in [6.45, 7) is 3.19. The smallest absolute Gasteiger partial charge is 0.322 e. The molecular weight excluding hydrogens is 297 g/mol. The number of morpholine rings is 1. The Hall–Kier alpha value is -1.66. The largest absolute Gasteiger partial charge is 0.371 e. The molecule has 0 bridgehead atoms. The number of carbonyl (C=O) groups is 1. The SMILES string of the molecule is O=C(Nc1ccc2c(c1F)CCNC2)N1CCOC2(CCC2)C1. The summed E-state index contributed by atoms with van der Waals surface area (Å²) in [5.41, 5.74) is 1.84. The summed E-state index contributed by atoms with van der Waals surface area (Å²) >= 11 is 0. The standard InChI is InChI=1S/C17H22FN3O2/c18-15-13-4-7-19-10-12(13)2-3-14(15)20-16(22)21-8-9-23-17(11-21)5-1-6-17/h2-3,19H,1,4-11H2,(H,20,22). The molecular formula is C17H22FN3O2. The first-order valence-corrected chi connectivity index (χ1v) is 8.38.